The third-order valence-corrected chi connectivity index (χ3v) is 9.38. The summed E-state index contributed by atoms with van der Waals surface area (Å²) < 4.78 is 49.4. The Labute approximate surface area is 568 Å². The summed E-state index contributed by atoms with van der Waals surface area (Å²) >= 11 is 11.3. The van der Waals surface area contributed by atoms with Gasteiger partial charge >= 0.3 is 133 Å². The number of halogens is 10. The molecule has 31 heteroatoms. The van der Waals surface area contributed by atoms with Gasteiger partial charge in [0.1, 0.15) is 0 Å². The molecule has 0 saturated carbocycles. The molecule has 15 nitrogen and oxygen atoms in total. The standard InChI is InChI=1S/3C14H12N4.3C3H8.2CNS.CH4.AsF5.4BrH.FH.H2O.3Os/c3*1-3-7-15-11-17(9-13(15)5-1)18-10-14-6-2-4-8-16(14)12-18;3*1-3-2;2*2-1-3;;2-1(3,4,5)6;;;;;;;;;/h3*1-12H;3*3H2,1-2H3;;;1H4;;5*1H;1H2;;;/q3*-2;;;;2*-1;;;;;;;;;2*+2;+4/p-5. The first-order chi connectivity index (χ1) is 38.8. The average Bonchev–Trinajstić information content (AvgIpc) is 4.43. The van der Waals surface area contributed by atoms with E-state index in [4.69, 9.17) is 10.8 Å². The van der Waals surface area contributed by atoms with Gasteiger partial charge in [-0.2, -0.15) is 10.3 Å². The minimum Gasteiger partial charge on any atom is -1.00 e. The molecule has 0 aliphatic carbocycles. The van der Waals surface area contributed by atoms with Gasteiger partial charge in [-0.05, 0) is 110 Å². The molecule has 0 aromatic carbocycles. The minimum atomic E-state index is -8.99. The zero-order valence-electron chi connectivity index (χ0n) is 45.8. The number of isothiocyanates is 2. The topological polar surface area (TPSA) is 115 Å². The second kappa shape index (κ2) is 47.4. The predicted octanol–water partition coefficient (Wildman–Crippen LogP) is 14.2. The molecular weight excluding hydrogens is 2000 g/mol. The molecule has 0 atom stereocenters. The third kappa shape index (κ3) is 33.0. The van der Waals surface area contributed by atoms with Gasteiger partial charge in [-0.25, -0.2) is 0 Å². The molecule has 0 saturated heterocycles. The van der Waals surface area contributed by atoms with Crippen molar-refractivity contribution in [2.75, 3.05) is 0 Å². The molecule has 12 aliphatic heterocycles. The molecule has 12 heterocycles. The minimum absolute atomic E-state index is 0. The van der Waals surface area contributed by atoms with Gasteiger partial charge in [-0.1, -0.05) is 129 Å². The van der Waals surface area contributed by atoms with Crippen molar-refractivity contribution in [1.82, 2.24) is 59.5 Å². The quantitative estimate of drug-likeness (QED) is 0.0878. The first-order valence-electron chi connectivity index (χ1n) is 24.1. The molecular formula is C54H66AsBr4F6N14OOs3S2-5. The van der Waals surface area contributed by atoms with Crippen molar-refractivity contribution in [3.8, 4) is 0 Å². The molecule has 0 amide bonds. The Hall–Kier alpha value is -3.55. The Kier molecular flexibility index (Phi) is 47.8. The smallest absolute Gasteiger partial charge is 1.00 e. The van der Waals surface area contributed by atoms with Crippen molar-refractivity contribution in [1.29, 1.82) is 0 Å². The van der Waals surface area contributed by atoms with Gasteiger partial charge in [-0.15, -0.1) is 40.0 Å². The van der Waals surface area contributed by atoms with Crippen LogP contribution in [-0.4, -0.2) is 90.1 Å². The molecule has 0 spiro atoms. The average molecular weight is 2070 g/mol. The number of rotatable bonds is 3. The second-order valence-corrected chi connectivity index (χ2v) is 41.3. The van der Waals surface area contributed by atoms with Crippen molar-refractivity contribution in [2.45, 2.75) is 68.2 Å². The Balaban J connectivity index is -0.000000963. The van der Waals surface area contributed by atoms with E-state index in [1.165, 1.54) is 63.8 Å². The Morgan fingerprint density at radius 2 is 0.506 bits per heavy atom. The van der Waals surface area contributed by atoms with Crippen LogP contribution in [0.15, 0.2) is 218 Å². The Morgan fingerprint density at radius 1 is 0.400 bits per heavy atom. The molecule has 85 heavy (non-hydrogen) atoms. The van der Waals surface area contributed by atoms with E-state index in [9.17, 15) is 17.3 Å². The molecule has 12 rings (SSSR count). The fraction of sp³-hybridized carbons (Fsp3) is 0.185. The van der Waals surface area contributed by atoms with Crippen LogP contribution in [0.25, 0.3) is 10.8 Å². The maximum Gasteiger partial charge on any atom is 4.00 e. The van der Waals surface area contributed by atoms with Crippen molar-refractivity contribution < 1.29 is 74.2 Å². The van der Waals surface area contributed by atoms with Crippen LogP contribution in [-0.2, 0) is 46.7 Å². The number of hydrazine groups is 3. The van der Waals surface area contributed by atoms with Crippen molar-refractivity contribution in [3.63, 3.8) is 0 Å². The van der Waals surface area contributed by atoms with Gasteiger partial charge in [-0.3, -0.25) is 0 Å². The number of hydrogen-bond acceptors (Lipinski definition) is 14. The summed E-state index contributed by atoms with van der Waals surface area (Å²) in [6.07, 6.45) is 65.5. The van der Waals surface area contributed by atoms with Gasteiger partial charge in [0.2, 0.25) is 0 Å². The van der Waals surface area contributed by atoms with E-state index in [-0.39, 0.29) is 64.3 Å². The summed E-state index contributed by atoms with van der Waals surface area (Å²) in [6.45, 7) is 25.1. The van der Waals surface area contributed by atoms with Crippen LogP contribution < -0.4 is 4.70 Å². The zero-order valence-corrected chi connectivity index (χ0v) is 63.2. The summed E-state index contributed by atoms with van der Waals surface area (Å²) in [5.41, 5.74) is 7.00. The summed E-state index contributed by atoms with van der Waals surface area (Å²) in [7, 11) is 0. The van der Waals surface area contributed by atoms with Crippen LogP contribution in [0.1, 0.15) is 68.2 Å². The Morgan fingerprint density at radius 3 is 0.600 bits per heavy atom. The molecule has 0 radical (unpaired) electrons. The summed E-state index contributed by atoms with van der Waals surface area (Å²) in [4.78, 5) is 12.6. The summed E-state index contributed by atoms with van der Waals surface area (Å²) in [6, 6.07) is 0. The van der Waals surface area contributed by atoms with Gasteiger partial charge in [0, 0.05) is 71.4 Å². The molecule has 2 N–H and O–H groups in total. The fourth-order valence-corrected chi connectivity index (χ4v) is 6.64. The molecule has 474 valence electrons. The molecule has 0 fully saturated rings. The van der Waals surface area contributed by atoms with E-state index >= 15 is 0 Å². The maximum atomic E-state index is 9.89. The van der Waals surface area contributed by atoms with Crippen molar-refractivity contribution in [3.05, 3.63) is 269 Å². The molecule has 0 bridgehead atoms. The molecule has 12 aliphatic rings. The van der Waals surface area contributed by atoms with E-state index in [0.717, 1.165) is 0 Å². The van der Waals surface area contributed by atoms with Gasteiger partial charge in [0.05, 0.1) is 0 Å². The Bertz CT molecular complexity index is 2250. The first-order valence-corrected chi connectivity index (χ1v) is 50.6. The molecule has 0 unspecified atom stereocenters. The van der Waals surface area contributed by atoms with Crippen LogP contribution in [0.5, 0.6) is 0 Å². The summed E-state index contributed by atoms with van der Waals surface area (Å²) in [5, 5.41) is 29.3. The monoisotopic (exact) mass is 2070 g/mol. The number of allylic oxidation sites excluding steroid dienone is 18. The zero-order chi connectivity index (χ0) is 60.2. The van der Waals surface area contributed by atoms with Crippen LogP contribution in [0.4, 0.5) is 17.3 Å². The van der Waals surface area contributed by atoms with Gasteiger partial charge in [0.15, 0.2) is 0 Å². The van der Waals surface area contributed by atoms with Crippen LogP contribution in [0, 0.1) is 40.0 Å². The van der Waals surface area contributed by atoms with Crippen LogP contribution >= 0.6 is 78.7 Å². The number of nitrogens with zero attached hydrogens (tertiary/aromatic N) is 14. The SMILES string of the molecule is C.C1=CC2=CN(N3C=C4C=CC=CN4[CH-]3)[CH-]N2C=C1.C1=CC2=CN(N3C=C4C=CC=CN4[CH-]3)[CH-]N2C=C1.C1=CC2=CN(N3C=C4C=CC=CN4[CH-]3)[CH-]N2C=C1.CCC.CCC.CCC.F[As](F)(F)(F)F.O.[Br][Os][Br].[Br][Os][Br].[F-].[N-]=C=S.[N-]=C=S.[Os+4]. The maximum absolute atomic E-state index is 9.89. The first kappa shape index (κ1) is 85.7. The van der Waals surface area contributed by atoms with E-state index in [1.807, 2.05) is 110 Å². The van der Waals surface area contributed by atoms with Crippen molar-refractivity contribution >= 4 is 104 Å². The van der Waals surface area contributed by atoms with Crippen LogP contribution in [0.2, 0.25) is 0 Å². The van der Waals surface area contributed by atoms with E-state index in [1.54, 1.807) is 0 Å². The van der Waals surface area contributed by atoms with Gasteiger partial charge < -0.3 is 80.5 Å². The molecule has 0 aromatic heterocycles. The van der Waals surface area contributed by atoms with E-state index in [0.29, 0.717) is 0 Å². The van der Waals surface area contributed by atoms with Crippen molar-refractivity contribution in [2.24, 2.45) is 0 Å². The fourth-order valence-electron chi connectivity index (χ4n) is 6.64. The van der Waals surface area contributed by atoms with E-state index < -0.39 is 14.8 Å². The predicted molar refractivity (Wildman–Crippen MR) is 343 cm³/mol. The number of fused-ring (bicyclic) bond motifs is 6. The largest absolute Gasteiger partial charge is 4.00 e. The van der Waals surface area contributed by atoms with E-state index in [2.05, 4.69) is 293 Å². The second-order valence-electron chi connectivity index (χ2n) is 16.0. The number of hydrogen-bond donors (Lipinski definition) is 0. The third-order valence-electron chi connectivity index (χ3n) is 9.38. The van der Waals surface area contributed by atoms with Gasteiger partial charge in [0.25, 0.3) is 0 Å². The normalized spacial score (nSPS) is 17.7. The molecule has 0 aromatic rings. The number of thiocarbonyl (C=S) groups is 2. The van der Waals surface area contributed by atoms with Crippen LogP contribution in [0.3, 0.4) is 0 Å². The summed E-state index contributed by atoms with van der Waals surface area (Å²) in [5.74, 6) is 0.